The third kappa shape index (κ3) is 2.65. The Morgan fingerprint density at radius 1 is 1.25 bits per heavy atom. The molecule has 1 saturated carbocycles. The summed E-state index contributed by atoms with van der Waals surface area (Å²) in [6, 6.07) is 4.60. The quantitative estimate of drug-likeness (QED) is 0.613. The number of aliphatic hydroxyl groups excluding tert-OH is 1. The molecule has 1 aromatic carbocycles. The third-order valence-electron chi connectivity index (χ3n) is 3.03. The molecule has 16 heavy (non-hydrogen) atoms. The molecule has 2 rings (SSSR count). The maximum Gasteiger partial charge on any atom is 0.123 e. The van der Waals surface area contributed by atoms with Crippen LogP contribution >= 0.6 is 0 Å². The van der Waals surface area contributed by atoms with Crippen LogP contribution in [0.2, 0.25) is 0 Å². The van der Waals surface area contributed by atoms with Gasteiger partial charge < -0.3 is 20.6 Å². The summed E-state index contributed by atoms with van der Waals surface area (Å²) in [5.41, 5.74) is 0.776. The van der Waals surface area contributed by atoms with Gasteiger partial charge in [-0.3, -0.25) is 0 Å². The van der Waals surface area contributed by atoms with Crippen molar-refractivity contribution in [3.8, 4) is 11.5 Å². The van der Waals surface area contributed by atoms with E-state index in [1.165, 1.54) is 6.07 Å². The zero-order valence-electron chi connectivity index (χ0n) is 9.06. The first-order valence-electron chi connectivity index (χ1n) is 5.55. The lowest BCUT2D eigenvalue weighted by molar-refractivity contribution is 0.0429. The molecule has 0 amide bonds. The number of hydrogen-bond donors (Lipinski definition) is 4. The Bertz CT molecular complexity index is 361. The minimum Gasteiger partial charge on any atom is -0.508 e. The third-order valence-corrected chi connectivity index (χ3v) is 3.03. The minimum absolute atomic E-state index is 0.0726. The van der Waals surface area contributed by atoms with Gasteiger partial charge in [0.25, 0.3) is 0 Å². The van der Waals surface area contributed by atoms with Crippen molar-refractivity contribution < 1.29 is 15.3 Å². The second kappa shape index (κ2) is 4.72. The molecule has 0 spiro atoms. The van der Waals surface area contributed by atoms with Crippen LogP contribution in [0.3, 0.4) is 0 Å². The predicted molar refractivity (Wildman–Crippen MR) is 60.2 cm³/mol. The molecule has 0 saturated heterocycles. The van der Waals surface area contributed by atoms with E-state index in [2.05, 4.69) is 5.32 Å². The van der Waals surface area contributed by atoms with Gasteiger partial charge in [-0.25, -0.2) is 0 Å². The van der Waals surface area contributed by atoms with Gasteiger partial charge >= 0.3 is 0 Å². The molecule has 4 heteroatoms. The Balaban J connectivity index is 1.76. The van der Waals surface area contributed by atoms with Gasteiger partial charge in [-0.15, -0.1) is 0 Å². The molecule has 1 aliphatic carbocycles. The first-order valence-corrected chi connectivity index (χ1v) is 5.55. The second-order valence-electron chi connectivity index (χ2n) is 4.44. The van der Waals surface area contributed by atoms with Gasteiger partial charge in [0.15, 0.2) is 0 Å². The van der Waals surface area contributed by atoms with E-state index in [9.17, 15) is 5.11 Å². The highest BCUT2D eigenvalue weighted by atomic mass is 16.3. The van der Waals surface area contributed by atoms with Crippen molar-refractivity contribution >= 4 is 0 Å². The van der Waals surface area contributed by atoms with Crippen molar-refractivity contribution in [3.63, 3.8) is 0 Å². The van der Waals surface area contributed by atoms with Crippen LogP contribution in [0.5, 0.6) is 11.5 Å². The fourth-order valence-electron chi connectivity index (χ4n) is 1.98. The van der Waals surface area contributed by atoms with Gasteiger partial charge in [0, 0.05) is 18.2 Å². The Labute approximate surface area is 94.5 Å². The van der Waals surface area contributed by atoms with Gasteiger partial charge in [0.05, 0.1) is 6.10 Å². The maximum absolute atomic E-state index is 9.53. The average molecular weight is 223 g/mol. The molecular formula is C12H17NO3. The first-order chi connectivity index (χ1) is 7.65. The zero-order valence-corrected chi connectivity index (χ0v) is 9.06. The Morgan fingerprint density at radius 3 is 2.62 bits per heavy atom. The minimum atomic E-state index is -0.117. The van der Waals surface area contributed by atoms with E-state index >= 15 is 0 Å². The molecular weight excluding hydrogens is 206 g/mol. The smallest absolute Gasteiger partial charge is 0.123 e. The number of phenolic OH excluding ortho intramolecular Hbond substituents is 2. The molecule has 0 radical (unpaired) electrons. The van der Waals surface area contributed by atoms with Crippen LogP contribution in [-0.4, -0.2) is 28.0 Å². The summed E-state index contributed by atoms with van der Waals surface area (Å²) in [5.74, 6) is 0.735. The lowest BCUT2D eigenvalue weighted by atomic mass is 9.82. The highest BCUT2D eigenvalue weighted by Crippen LogP contribution is 2.26. The van der Waals surface area contributed by atoms with E-state index in [1.54, 1.807) is 12.1 Å². The average Bonchev–Trinajstić information content (AvgIpc) is 2.18. The maximum atomic E-state index is 9.53. The predicted octanol–water partition coefficient (Wildman–Crippen LogP) is 0.958. The fourth-order valence-corrected chi connectivity index (χ4v) is 1.98. The Morgan fingerprint density at radius 2 is 2.00 bits per heavy atom. The number of hydrogen-bond acceptors (Lipinski definition) is 4. The molecule has 1 aromatic rings. The van der Waals surface area contributed by atoms with E-state index in [-0.39, 0.29) is 17.6 Å². The van der Waals surface area contributed by atoms with Crippen LogP contribution in [0.4, 0.5) is 0 Å². The van der Waals surface area contributed by atoms with Crippen LogP contribution < -0.4 is 5.32 Å². The molecule has 1 fully saturated rings. The van der Waals surface area contributed by atoms with E-state index < -0.39 is 0 Å². The summed E-state index contributed by atoms with van der Waals surface area (Å²) in [4.78, 5) is 0. The lowest BCUT2D eigenvalue weighted by Gasteiger charge is -2.31. The summed E-state index contributed by atoms with van der Waals surface area (Å²) in [6.07, 6.45) is 1.62. The number of rotatable bonds is 4. The largest absolute Gasteiger partial charge is 0.508 e. The van der Waals surface area contributed by atoms with Gasteiger partial charge in [-0.2, -0.15) is 0 Å². The SMILES string of the molecule is Oc1ccc(CNCC2CC(O)C2)c(O)c1. The standard InChI is InChI=1S/C12H17NO3/c14-10-2-1-9(12(16)5-10)7-13-6-8-3-11(15)4-8/h1-2,5,8,11,13-16H,3-4,6-7H2. The fraction of sp³-hybridized carbons (Fsp3) is 0.500. The zero-order chi connectivity index (χ0) is 11.5. The normalized spacial score (nSPS) is 24.1. The van der Waals surface area contributed by atoms with E-state index in [0.717, 1.165) is 24.9 Å². The summed E-state index contributed by atoms with van der Waals surface area (Å²) in [6.45, 7) is 1.44. The van der Waals surface area contributed by atoms with Crippen LogP contribution in [0.25, 0.3) is 0 Å². The van der Waals surface area contributed by atoms with E-state index in [1.807, 2.05) is 0 Å². The van der Waals surface area contributed by atoms with Crippen molar-refractivity contribution in [1.29, 1.82) is 0 Å². The first kappa shape index (κ1) is 11.2. The van der Waals surface area contributed by atoms with Gasteiger partial charge in [-0.1, -0.05) is 6.07 Å². The summed E-state index contributed by atoms with van der Waals surface area (Å²) in [7, 11) is 0. The second-order valence-corrected chi connectivity index (χ2v) is 4.44. The Kier molecular flexibility index (Phi) is 3.31. The summed E-state index contributed by atoms with van der Waals surface area (Å²) < 4.78 is 0. The molecule has 88 valence electrons. The molecule has 0 unspecified atom stereocenters. The highest BCUT2D eigenvalue weighted by Gasteiger charge is 2.26. The molecule has 0 aliphatic heterocycles. The van der Waals surface area contributed by atoms with Crippen molar-refractivity contribution in [2.75, 3.05) is 6.54 Å². The van der Waals surface area contributed by atoms with Crippen LogP contribution in [-0.2, 0) is 6.54 Å². The van der Waals surface area contributed by atoms with Crippen molar-refractivity contribution in [2.24, 2.45) is 5.92 Å². The van der Waals surface area contributed by atoms with Crippen molar-refractivity contribution in [3.05, 3.63) is 23.8 Å². The van der Waals surface area contributed by atoms with Gasteiger partial charge in [0.2, 0.25) is 0 Å². The number of aromatic hydroxyl groups is 2. The number of benzene rings is 1. The molecule has 4 N–H and O–H groups in total. The molecule has 1 aliphatic rings. The molecule has 0 aromatic heterocycles. The van der Waals surface area contributed by atoms with Crippen molar-refractivity contribution in [1.82, 2.24) is 5.32 Å². The molecule has 0 heterocycles. The molecule has 4 nitrogen and oxygen atoms in total. The van der Waals surface area contributed by atoms with Crippen LogP contribution in [0.1, 0.15) is 18.4 Å². The topological polar surface area (TPSA) is 72.7 Å². The molecule has 0 bridgehead atoms. The molecule has 0 atom stereocenters. The van der Waals surface area contributed by atoms with Crippen LogP contribution in [0.15, 0.2) is 18.2 Å². The summed E-state index contributed by atoms with van der Waals surface area (Å²) >= 11 is 0. The highest BCUT2D eigenvalue weighted by molar-refractivity contribution is 5.38. The van der Waals surface area contributed by atoms with Crippen LogP contribution in [0, 0.1) is 5.92 Å². The monoisotopic (exact) mass is 223 g/mol. The number of nitrogens with one attached hydrogen (secondary N) is 1. The van der Waals surface area contributed by atoms with Gasteiger partial charge in [-0.05, 0) is 31.4 Å². The summed E-state index contributed by atoms with van der Waals surface area (Å²) in [5, 5.41) is 31.0. The Hall–Kier alpha value is -1.26. The van der Waals surface area contributed by atoms with E-state index in [4.69, 9.17) is 10.2 Å². The van der Waals surface area contributed by atoms with E-state index in [0.29, 0.717) is 12.5 Å². The number of phenols is 2. The lowest BCUT2D eigenvalue weighted by Crippen LogP contribution is -2.35. The van der Waals surface area contributed by atoms with Gasteiger partial charge in [0.1, 0.15) is 11.5 Å². The van der Waals surface area contributed by atoms with Crippen molar-refractivity contribution in [2.45, 2.75) is 25.5 Å². The number of aliphatic hydroxyl groups is 1.